The first-order valence-electron chi connectivity index (χ1n) is 7.10. The molecule has 0 aliphatic heterocycles. The van der Waals surface area contributed by atoms with Crippen molar-refractivity contribution in [1.29, 1.82) is 0 Å². The third-order valence-electron chi connectivity index (χ3n) is 3.53. The summed E-state index contributed by atoms with van der Waals surface area (Å²) in [6.45, 7) is 0. The summed E-state index contributed by atoms with van der Waals surface area (Å²) in [5, 5.41) is 7.48. The van der Waals surface area contributed by atoms with E-state index in [2.05, 4.69) is 14.9 Å². The molecule has 0 unspecified atom stereocenters. The van der Waals surface area contributed by atoms with Crippen molar-refractivity contribution in [2.45, 2.75) is 0 Å². The molecule has 0 radical (unpaired) electrons. The van der Waals surface area contributed by atoms with E-state index in [0.29, 0.717) is 0 Å². The van der Waals surface area contributed by atoms with Crippen molar-refractivity contribution in [2.24, 2.45) is 0 Å². The molecule has 0 saturated carbocycles. The predicted octanol–water partition coefficient (Wildman–Crippen LogP) is 1.61. The molecule has 2 heterocycles. The summed E-state index contributed by atoms with van der Waals surface area (Å²) in [6.07, 6.45) is 3.17. The van der Waals surface area contributed by atoms with Gasteiger partial charge < -0.3 is 4.74 Å². The second-order valence-corrected chi connectivity index (χ2v) is 7.12. The van der Waals surface area contributed by atoms with Crippen molar-refractivity contribution in [2.75, 3.05) is 13.4 Å². The summed E-state index contributed by atoms with van der Waals surface area (Å²) < 4.78 is 57.9. The zero-order chi connectivity index (χ0) is 19.1. The number of carbonyl (C=O) groups is 1. The van der Waals surface area contributed by atoms with Gasteiger partial charge >= 0.3 is 5.97 Å². The van der Waals surface area contributed by atoms with Crippen LogP contribution < -0.4 is 0 Å². The number of esters is 1. The molecule has 0 aliphatic rings. The normalized spacial score (nSPS) is 11.5. The van der Waals surface area contributed by atoms with Crippen molar-refractivity contribution in [3.63, 3.8) is 0 Å². The molecular formula is C15H12F2N4O4S. The van der Waals surface area contributed by atoms with E-state index in [1.165, 1.54) is 18.2 Å². The maximum absolute atomic E-state index is 14.1. The van der Waals surface area contributed by atoms with E-state index in [1.807, 2.05) is 0 Å². The van der Waals surface area contributed by atoms with E-state index < -0.39 is 27.6 Å². The lowest BCUT2D eigenvalue weighted by Crippen LogP contribution is -2.16. The molecular weight excluding hydrogens is 370 g/mol. The van der Waals surface area contributed by atoms with Gasteiger partial charge in [-0.25, -0.2) is 26.0 Å². The van der Waals surface area contributed by atoms with E-state index in [-0.39, 0.29) is 22.8 Å². The van der Waals surface area contributed by atoms with Gasteiger partial charge in [-0.1, -0.05) is 6.07 Å². The molecule has 3 aromatic rings. The molecule has 0 N–H and O–H groups in total. The quantitative estimate of drug-likeness (QED) is 0.636. The Hall–Kier alpha value is -3.08. The van der Waals surface area contributed by atoms with Gasteiger partial charge in [0, 0.05) is 11.8 Å². The van der Waals surface area contributed by atoms with Gasteiger partial charge in [0.05, 0.1) is 19.1 Å². The summed E-state index contributed by atoms with van der Waals surface area (Å²) >= 11 is 0. The fourth-order valence-corrected chi connectivity index (χ4v) is 3.17. The minimum absolute atomic E-state index is 0.0158. The number of methoxy groups -OCH3 is 1. The van der Waals surface area contributed by atoms with Crippen molar-refractivity contribution < 1.29 is 26.7 Å². The molecule has 0 atom stereocenters. The number of carbonyl (C=O) groups excluding carboxylic acids is 1. The maximum atomic E-state index is 14.1. The molecule has 3 rings (SSSR count). The second-order valence-electron chi connectivity index (χ2n) is 5.26. The summed E-state index contributed by atoms with van der Waals surface area (Å²) in [6, 6.07) is 4.78. The van der Waals surface area contributed by atoms with Crippen molar-refractivity contribution in [3.8, 4) is 17.1 Å². The minimum atomic E-state index is -3.83. The van der Waals surface area contributed by atoms with E-state index in [1.54, 1.807) is 0 Å². The van der Waals surface area contributed by atoms with Crippen LogP contribution in [0.3, 0.4) is 0 Å². The Labute approximate surface area is 146 Å². The van der Waals surface area contributed by atoms with Crippen molar-refractivity contribution in [3.05, 3.63) is 54.1 Å². The number of rotatable bonds is 4. The number of nitrogens with zero attached hydrogens (tertiary/aromatic N) is 4. The molecule has 26 heavy (non-hydrogen) atoms. The topological polar surface area (TPSA) is 96.1 Å². The number of hydrogen-bond acceptors (Lipinski definition) is 6. The summed E-state index contributed by atoms with van der Waals surface area (Å²) in [5.41, 5.74) is -0.284. The van der Waals surface area contributed by atoms with Crippen LogP contribution in [0, 0.1) is 11.6 Å². The van der Waals surface area contributed by atoms with Crippen LogP contribution in [0.1, 0.15) is 10.5 Å². The van der Waals surface area contributed by atoms with E-state index >= 15 is 0 Å². The highest BCUT2D eigenvalue weighted by molar-refractivity contribution is 7.89. The van der Waals surface area contributed by atoms with Gasteiger partial charge in [0.2, 0.25) is 10.0 Å². The fraction of sp³-hybridized carbons (Fsp3) is 0.133. The number of halogens is 2. The monoisotopic (exact) mass is 382 g/mol. The highest BCUT2D eigenvalue weighted by Gasteiger charge is 2.23. The highest BCUT2D eigenvalue weighted by Crippen LogP contribution is 2.26. The molecule has 8 nitrogen and oxygen atoms in total. The van der Waals surface area contributed by atoms with Gasteiger partial charge in [-0.3, -0.25) is 4.57 Å². The van der Waals surface area contributed by atoms with Gasteiger partial charge in [-0.2, -0.15) is 0 Å². The summed E-state index contributed by atoms with van der Waals surface area (Å²) in [5.74, 6) is -3.05. The number of hydrogen-bond donors (Lipinski definition) is 0. The Kier molecular flexibility index (Phi) is 4.32. The molecule has 0 amide bonds. The molecule has 0 spiro atoms. The lowest BCUT2D eigenvalue weighted by atomic mass is 10.2. The Bertz CT molecular complexity index is 1100. The molecule has 1 aromatic carbocycles. The smallest absolute Gasteiger partial charge is 0.355 e. The van der Waals surface area contributed by atoms with Crippen LogP contribution >= 0.6 is 0 Å². The zero-order valence-electron chi connectivity index (χ0n) is 13.6. The Morgan fingerprint density at radius 1 is 1.27 bits per heavy atom. The number of ether oxygens (including phenoxy) is 1. The molecule has 11 heteroatoms. The predicted molar refractivity (Wildman–Crippen MR) is 86.3 cm³/mol. The van der Waals surface area contributed by atoms with Crippen LogP contribution in [-0.4, -0.2) is 46.5 Å². The van der Waals surface area contributed by atoms with Gasteiger partial charge in [0.25, 0.3) is 0 Å². The molecule has 0 fully saturated rings. The molecule has 2 aromatic heterocycles. The average molecular weight is 382 g/mol. The third-order valence-corrected chi connectivity index (χ3v) is 4.55. The lowest BCUT2D eigenvalue weighted by Gasteiger charge is -2.07. The van der Waals surface area contributed by atoms with Gasteiger partial charge in [-0.15, -0.1) is 10.2 Å². The molecule has 0 saturated heterocycles. The zero-order valence-corrected chi connectivity index (χ0v) is 14.4. The first-order valence-corrected chi connectivity index (χ1v) is 8.95. The van der Waals surface area contributed by atoms with E-state index in [9.17, 15) is 22.0 Å². The molecule has 0 bridgehead atoms. The van der Waals surface area contributed by atoms with Crippen LogP contribution in [0.15, 0.2) is 36.8 Å². The van der Waals surface area contributed by atoms with Crippen LogP contribution in [0.5, 0.6) is 0 Å². The van der Waals surface area contributed by atoms with E-state index in [0.717, 1.165) is 40.5 Å². The van der Waals surface area contributed by atoms with Crippen molar-refractivity contribution in [1.82, 2.24) is 18.7 Å². The SMILES string of the molecule is COC(=O)c1cc(-c2nncn2-c2cccc(F)c2F)cn1S(C)(=O)=O. The van der Waals surface area contributed by atoms with Crippen LogP contribution in [-0.2, 0) is 14.8 Å². The van der Waals surface area contributed by atoms with Gasteiger partial charge in [0.1, 0.15) is 12.0 Å². The summed E-state index contributed by atoms with van der Waals surface area (Å²) in [7, 11) is -2.72. The summed E-state index contributed by atoms with van der Waals surface area (Å²) in [4.78, 5) is 11.9. The Morgan fingerprint density at radius 2 is 2.00 bits per heavy atom. The first-order chi connectivity index (χ1) is 12.2. The average Bonchev–Trinajstić information content (AvgIpc) is 3.22. The minimum Gasteiger partial charge on any atom is -0.464 e. The highest BCUT2D eigenvalue weighted by atomic mass is 32.2. The molecule has 136 valence electrons. The first kappa shape index (κ1) is 17.7. The van der Waals surface area contributed by atoms with E-state index in [4.69, 9.17) is 0 Å². The fourth-order valence-electron chi connectivity index (χ4n) is 2.38. The Balaban J connectivity index is 2.21. The lowest BCUT2D eigenvalue weighted by molar-refractivity contribution is 0.0593. The second kappa shape index (κ2) is 6.33. The Morgan fingerprint density at radius 3 is 2.65 bits per heavy atom. The number of aromatic nitrogens is 4. The third kappa shape index (κ3) is 2.96. The molecule has 0 aliphatic carbocycles. The maximum Gasteiger partial charge on any atom is 0.355 e. The van der Waals surface area contributed by atoms with Crippen LogP contribution in [0.2, 0.25) is 0 Å². The van der Waals surface area contributed by atoms with Crippen LogP contribution in [0.4, 0.5) is 8.78 Å². The van der Waals surface area contributed by atoms with Crippen LogP contribution in [0.25, 0.3) is 17.1 Å². The standard InChI is InChI=1S/C15H12F2N4O4S/c1-25-15(22)12-6-9(7-21(12)26(2,23)24)14-19-18-8-20(14)11-5-3-4-10(16)13(11)17/h3-8H,1-2H3. The largest absolute Gasteiger partial charge is 0.464 e. The van der Waals surface area contributed by atoms with Gasteiger partial charge in [0.15, 0.2) is 17.5 Å². The van der Waals surface area contributed by atoms with Gasteiger partial charge in [-0.05, 0) is 18.2 Å². The number of benzene rings is 1. The van der Waals surface area contributed by atoms with Crippen molar-refractivity contribution >= 4 is 16.0 Å².